The number of thioether (sulfide) groups is 1. The number of anilines is 2. The molecule has 1 aliphatic rings. The summed E-state index contributed by atoms with van der Waals surface area (Å²) in [5.41, 5.74) is 6.87. The highest BCUT2D eigenvalue weighted by molar-refractivity contribution is 8.04. The number of fused-ring (bicyclic) bond motifs is 1. The van der Waals surface area contributed by atoms with E-state index in [0.717, 1.165) is 17.7 Å². The lowest BCUT2D eigenvalue weighted by Crippen LogP contribution is -2.18. The second-order valence-corrected chi connectivity index (χ2v) is 9.92. The number of rotatable bonds is 4. The largest absolute Gasteiger partial charge is 0.399 e. The average molecular weight is 459 g/mol. The van der Waals surface area contributed by atoms with Gasteiger partial charge in [-0.2, -0.15) is 0 Å². The van der Waals surface area contributed by atoms with Crippen LogP contribution < -0.4 is 11.1 Å². The maximum absolute atomic E-state index is 13.9. The Morgan fingerprint density at radius 2 is 1.68 bits per heavy atom. The molecule has 3 aromatic carbocycles. The SMILES string of the molecule is Nc1ccc(/C=C2/Sc3ccc(S(=O)(=O)Cc4c(F)cccc4F)cc3NC2=O)cc1. The molecule has 0 bridgehead atoms. The maximum atomic E-state index is 13.9. The summed E-state index contributed by atoms with van der Waals surface area (Å²) in [7, 11) is -4.04. The van der Waals surface area contributed by atoms with E-state index in [1.165, 1.54) is 30.0 Å². The number of hydrogen-bond acceptors (Lipinski definition) is 5. The van der Waals surface area contributed by atoms with E-state index in [0.29, 0.717) is 21.2 Å². The van der Waals surface area contributed by atoms with Crippen molar-refractivity contribution in [2.75, 3.05) is 11.1 Å². The van der Waals surface area contributed by atoms with Gasteiger partial charge < -0.3 is 11.1 Å². The number of hydrogen-bond donors (Lipinski definition) is 2. The minimum Gasteiger partial charge on any atom is -0.399 e. The van der Waals surface area contributed by atoms with E-state index in [2.05, 4.69) is 5.32 Å². The molecule has 4 rings (SSSR count). The summed E-state index contributed by atoms with van der Waals surface area (Å²) in [6.07, 6.45) is 1.70. The molecule has 158 valence electrons. The molecule has 0 unspecified atom stereocenters. The van der Waals surface area contributed by atoms with Crippen molar-refractivity contribution in [2.45, 2.75) is 15.5 Å². The first-order chi connectivity index (χ1) is 14.7. The van der Waals surface area contributed by atoms with Crippen molar-refractivity contribution in [1.29, 1.82) is 0 Å². The number of nitrogens with one attached hydrogen (secondary N) is 1. The van der Waals surface area contributed by atoms with Gasteiger partial charge in [-0.3, -0.25) is 4.79 Å². The van der Waals surface area contributed by atoms with Gasteiger partial charge in [-0.25, -0.2) is 17.2 Å². The van der Waals surface area contributed by atoms with E-state index in [1.54, 1.807) is 36.4 Å². The summed E-state index contributed by atoms with van der Waals surface area (Å²) in [6.45, 7) is 0. The molecular weight excluding hydrogens is 442 g/mol. The van der Waals surface area contributed by atoms with Crippen LogP contribution in [0, 0.1) is 11.6 Å². The van der Waals surface area contributed by atoms with Crippen LogP contribution in [0.3, 0.4) is 0 Å². The van der Waals surface area contributed by atoms with E-state index in [-0.39, 0.29) is 10.8 Å². The molecule has 0 spiro atoms. The molecule has 0 atom stereocenters. The summed E-state index contributed by atoms with van der Waals surface area (Å²) in [4.78, 5) is 13.4. The van der Waals surface area contributed by atoms with Crippen molar-refractivity contribution in [3.05, 3.63) is 88.3 Å². The predicted octanol–water partition coefficient (Wildman–Crippen LogP) is 4.61. The van der Waals surface area contributed by atoms with Crippen molar-refractivity contribution in [2.24, 2.45) is 0 Å². The van der Waals surface area contributed by atoms with Gasteiger partial charge in [-0.15, -0.1) is 0 Å². The summed E-state index contributed by atoms with van der Waals surface area (Å²) in [5.74, 6) is -3.07. The Labute approximate surface area is 181 Å². The fourth-order valence-corrected chi connectivity index (χ4v) is 5.35. The molecule has 0 saturated carbocycles. The van der Waals surface area contributed by atoms with Crippen molar-refractivity contribution in [3.63, 3.8) is 0 Å². The van der Waals surface area contributed by atoms with Crippen LogP contribution in [0.1, 0.15) is 11.1 Å². The maximum Gasteiger partial charge on any atom is 0.262 e. The number of amides is 1. The van der Waals surface area contributed by atoms with Crippen molar-refractivity contribution in [3.8, 4) is 0 Å². The molecule has 5 nitrogen and oxygen atoms in total. The third-order valence-corrected chi connectivity index (χ3v) is 7.37. The molecule has 3 N–H and O–H groups in total. The van der Waals surface area contributed by atoms with Crippen molar-refractivity contribution in [1.82, 2.24) is 0 Å². The van der Waals surface area contributed by atoms with E-state index >= 15 is 0 Å². The van der Waals surface area contributed by atoms with Crippen LogP contribution >= 0.6 is 11.8 Å². The van der Waals surface area contributed by atoms with Crippen LogP contribution in [0.15, 0.2) is 75.4 Å². The molecule has 0 aliphatic carbocycles. The molecule has 1 heterocycles. The summed E-state index contributed by atoms with van der Waals surface area (Å²) < 4.78 is 53.2. The second kappa shape index (κ2) is 8.16. The standard InChI is InChI=1S/C22H16F2N2O3S2/c23-17-2-1-3-18(24)16(17)12-31(28,29)15-8-9-20-19(11-15)26-22(27)21(30-20)10-13-4-6-14(25)7-5-13/h1-11H,12,25H2,(H,26,27)/b21-10+. The van der Waals surface area contributed by atoms with Gasteiger partial charge in [-0.1, -0.05) is 30.0 Å². The van der Waals surface area contributed by atoms with Crippen LogP contribution in [0.5, 0.6) is 0 Å². The van der Waals surface area contributed by atoms with Gasteiger partial charge in [0.2, 0.25) is 0 Å². The number of nitrogens with two attached hydrogens (primary N) is 1. The highest BCUT2D eigenvalue weighted by Crippen LogP contribution is 2.40. The van der Waals surface area contributed by atoms with Crippen LogP contribution in [0.4, 0.5) is 20.2 Å². The second-order valence-electron chi connectivity index (χ2n) is 6.85. The van der Waals surface area contributed by atoms with Crippen LogP contribution in [0.2, 0.25) is 0 Å². The average Bonchev–Trinajstić information content (AvgIpc) is 2.72. The Balaban J connectivity index is 1.62. The topological polar surface area (TPSA) is 89.3 Å². The Hall–Kier alpha value is -3.17. The fraction of sp³-hybridized carbons (Fsp3) is 0.0455. The Bertz CT molecular complexity index is 1300. The van der Waals surface area contributed by atoms with Crippen LogP contribution in [0.25, 0.3) is 6.08 Å². The van der Waals surface area contributed by atoms with Gasteiger partial charge in [0, 0.05) is 16.1 Å². The third kappa shape index (κ3) is 4.47. The Morgan fingerprint density at radius 3 is 2.35 bits per heavy atom. The van der Waals surface area contributed by atoms with Gasteiger partial charge in [0.05, 0.1) is 21.2 Å². The fourth-order valence-electron chi connectivity index (χ4n) is 3.02. The zero-order valence-electron chi connectivity index (χ0n) is 15.9. The van der Waals surface area contributed by atoms with E-state index in [1.807, 2.05) is 0 Å². The molecule has 1 amide bonds. The van der Waals surface area contributed by atoms with Crippen LogP contribution in [-0.2, 0) is 20.4 Å². The van der Waals surface area contributed by atoms with E-state index < -0.39 is 32.8 Å². The number of carbonyl (C=O) groups excluding carboxylic acids is 1. The lowest BCUT2D eigenvalue weighted by Gasteiger charge is -2.19. The molecule has 1 aliphatic heterocycles. The summed E-state index contributed by atoms with van der Waals surface area (Å²) >= 11 is 1.20. The van der Waals surface area contributed by atoms with Gasteiger partial charge in [0.25, 0.3) is 5.91 Å². The molecular formula is C22H16F2N2O3S2. The molecule has 0 radical (unpaired) electrons. The van der Waals surface area contributed by atoms with E-state index in [9.17, 15) is 22.0 Å². The minimum absolute atomic E-state index is 0.138. The molecule has 0 saturated heterocycles. The Morgan fingerprint density at radius 1 is 1.00 bits per heavy atom. The van der Waals surface area contributed by atoms with Gasteiger partial charge in [-0.05, 0) is 54.1 Å². The zero-order chi connectivity index (χ0) is 22.2. The summed E-state index contributed by atoms with van der Waals surface area (Å²) in [5, 5.41) is 2.68. The van der Waals surface area contributed by atoms with Crippen molar-refractivity contribution < 1.29 is 22.0 Å². The number of benzene rings is 3. The Kier molecular flexibility index (Phi) is 5.55. The lowest BCUT2D eigenvalue weighted by molar-refractivity contribution is -0.112. The monoisotopic (exact) mass is 458 g/mol. The van der Waals surface area contributed by atoms with Crippen LogP contribution in [-0.4, -0.2) is 14.3 Å². The molecule has 9 heteroatoms. The van der Waals surface area contributed by atoms with Gasteiger partial charge in [0.1, 0.15) is 11.6 Å². The van der Waals surface area contributed by atoms with Gasteiger partial charge >= 0.3 is 0 Å². The first-order valence-corrected chi connectivity index (χ1v) is 11.6. The lowest BCUT2D eigenvalue weighted by atomic mass is 10.2. The minimum atomic E-state index is -4.04. The third-order valence-electron chi connectivity index (χ3n) is 4.63. The smallest absolute Gasteiger partial charge is 0.262 e. The number of sulfone groups is 1. The highest BCUT2D eigenvalue weighted by atomic mass is 32.2. The molecule has 0 fully saturated rings. The quantitative estimate of drug-likeness (QED) is 0.440. The predicted molar refractivity (Wildman–Crippen MR) is 117 cm³/mol. The summed E-state index contributed by atoms with van der Waals surface area (Å²) in [6, 6.07) is 14.4. The molecule has 3 aromatic rings. The first kappa shape index (κ1) is 21.1. The highest BCUT2D eigenvalue weighted by Gasteiger charge is 2.25. The van der Waals surface area contributed by atoms with E-state index in [4.69, 9.17) is 5.73 Å². The molecule has 31 heavy (non-hydrogen) atoms. The first-order valence-electron chi connectivity index (χ1n) is 9.09. The molecule has 0 aromatic heterocycles. The number of halogens is 2. The van der Waals surface area contributed by atoms with Crippen molar-refractivity contribution >= 4 is 45.0 Å². The number of nitrogen functional groups attached to an aromatic ring is 1. The normalized spacial score (nSPS) is 14.9. The van der Waals surface area contributed by atoms with Gasteiger partial charge in [0.15, 0.2) is 9.84 Å². The number of carbonyl (C=O) groups is 1. The zero-order valence-corrected chi connectivity index (χ0v) is 17.6.